The zero-order valence-corrected chi connectivity index (χ0v) is 11.8. The molecule has 0 aliphatic heterocycles. The molecule has 0 heterocycles. The van der Waals surface area contributed by atoms with Crippen molar-refractivity contribution in [3.05, 3.63) is 35.9 Å². The van der Waals surface area contributed by atoms with Crippen molar-refractivity contribution in [3.8, 4) is 0 Å². The van der Waals surface area contributed by atoms with Gasteiger partial charge >= 0.3 is 5.97 Å². The summed E-state index contributed by atoms with van der Waals surface area (Å²) in [5.74, 6) is -1.05. The van der Waals surface area contributed by atoms with Crippen LogP contribution in [0.4, 0.5) is 0 Å². The zero-order valence-electron chi connectivity index (χ0n) is 11.8. The molecular formula is C16H21NO3. The molecule has 0 bridgehead atoms. The minimum absolute atomic E-state index is 0.0643. The monoisotopic (exact) mass is 275 g/mol. The Morgan fingerprint density at radius 3 is 2.45 bits per heavy atom. The molecule has 20 heavy (non-hydrogen) atoms. The zero-order chi connectivity index (χ0) is 14.6. The fraction of sp³-hybridized carbons (Fsp3) is 0.500. The molecule has 1 aliphatic carbocycles. The molecule has 1 aliphatic rings. The number of carboxylic acid groups (broad SMARTS) is 1. The average molecular weight is 275 g/mol. The van der Waals surface area contributed by atoms with Crippen molar-refractivity contribution < 1.29 is 14.7 Å². The summed E-state index contributed by atoms with van der Waals surface area (Å²) in [7, 11) is 0. The minimum atomic E-state index is -0.801. The van der Waals surface area contributed by atoms with E-state index in [2.05, 4.69) is 5.32 Å². The molecule has 2 rings (SSSR count). The third kappa shape index (κ3) is 3.18. The SMILES string of the molecule is CCCC(C(=O)NCC1(C(=O)O)CC1)c1ccccc1. The van der Waals surface area contributed by atoms with E-state index in [0.717, 1.165) is 18.4 Å². The molecule has 1 unspecified atom stereocenters. The van der Waals surface area contributed by atoms with Crippen molar-refractivity contribution in [1.82, 2.24) is 5.32 Å². The molecule has 1 aromatic rings. The Morgan fingerprint density at radius 1 is 1.30 bits per heavy atom. The van der Waals surface area contributed by atoms with Crippen molar-refractivity contribution in [1.29, 1.82) is 0 Å². The first-order valence-electron chi connectivity index (χ1n) is 7.15. The van der Waals surface area contributed by atoms with E-state index in [4.69, 9.17) is 5.11 Å². The van der Waals surface area contributed by atoms with Gasteiger partial charge in [-0.25, -0.2) is 0 Å². The first-order chi connectivity index (χ1) is 9.59. The maximum atomic E-state index is 12.3. The van der Waals surface area contributed by atoms with Crippen LogP contribution in [0.2, 0.25) is 0 Å². The van der Waals surface area contributed by atoms with Crippen LogP contribution in [0.3, 0.4) is 0 Å². The second-order valence-corrected chi connectivity index (χ2v) is 5.56. The van der Waals surface area contributed by atoms with E-state index in [-0.39, 0.29) is 18.4 Å². The Balaban J connectivity index is 1.99. The predicted molar refractivity (Wildman–Crippen MR) is 76.4 cm³/mol. The van der Waals surface area contributed by atoms with E-state index in [1.807, 2.05) is 37.3 Å². The number of carbonyl (C=O) groups is 2. The van der Waals surface area contributed by atoms with Crippen LogP contribution in [0.1, 0.15) is 44.1 Å². The number of aliphatic carboxylic acids is 1. The largest absolute Gasteiger partial charge is 0.481 e. The quantitative estimate of drug-likeness (QED) is 0.803. The molecular weight excluding hydrogens is 254 g/mol. The van der Waals surface area contributed by atoms with Crippen molar-refractivity contribution in [2.24, 2.45) is 5.41 Å². The number of hydrogen-bond acceptors (Lipinski definition) is 2. The van der Waals surface area contributed by atoms with Crippen LogP contribution in [0, 0.1) is 5.41 Å². The third-order valence-corrected chi connectivity index (χ3v) is 4.00. The molecule has 0 radical (unpaired) electrons. The molecule has 1 aromatic carbocycles. The van der Waals surface area contributed by atoms with Crippen molar-refractivity contribution >= 4 is 11.9 Å². The summed E-state index contributed by atoms with van der Waals surface area (Å²) >= 11 is 0. The van der Waals surface area contributed by atoms with Gasteiger partial charge in [0.25, 0.3) is 0 Å². The summed E-state index contributed by atoms with van der Waals surface area (Å²) in [4.78, 5) is 23.4. The highest BCUT2D eigenvalue weighted by Crippen LogP contribution is 2.45. The summed E-state index contributed by atoms with van der Waals surface area (Å²) in [6.07, 6.45) is 3.01. The highest BCUT2D eigenvalue weighted by molar-refractivity contribution is 5.85. The summed E-state index contributed by atoms with van der Waals surface area (Å²) in [6.45, 7) is 2.29. The lowest BCUT2D eigenvalue weighted by Crippen LogP contribution is -2.37. The molecule has 2 N–H and O–H groups in total. The molecule has 1 fully saturated rings. The van der Waals surface area contributed by atoms with Gasteiger partial charge in [-0.05, 0) is 24.8 Å². The first-order valence-corrected chi connectivity index (χ1v) is 7.15. The highest BCUT2D eigenvalue weighted by Gasteiger charge is 2.50. The molecule has 0 saturated heterocycles. The van der Waals surface area contributed by atoms with Gasteiger partial charge in [-0.1, -0.05) is 43.7 Å². The number of rotatable bonds is 7. The normalized spacial score (nSPS) is 17.2. The van der Waals surface area contributed by atoms with Crippen LogP contribution >= 0.6 is 0 Å². The predicted octanol–water partition coefficient (Wildman–Crippen LogP) is 2.55. The van der Waals surface area contributed by atoms with Gasteiger partial charge in [-0.2, -0.15) is 0 Å². The van der Waals surface area contributed by atoms with Gasteiger partial charge in [0.05, 0.1) is 11.3 Å². The topological polar surface area (TPSA) is 66.4 Å². The Kier molecular flexibility index (Phi) is 4.42. The highest BCUT2D eigenvalue weighted by atomic mass is 16.4. The van der Waals surface area contributed by atoms with Crippen LogP contribution in [0.5, 0.6) is 0 Å². The number of carbonyl (C=O) groups excluding carboxylic acids is 1. The molecule has 4 nitrogen and oxygen atoms in total. The molecule has 1 saturated carbocycles. The fourth-order valence-corrected chi connectivity index (χ4v) is 2.42. The summed E-state index contributed by atoms with van der Waals surface area (Å²) < 4.78 is 0. The van der Waals surface area contributed by atoms with Crippen molar-refractivity contribution in [2.45, 2.75) is 38.5 Å². The second-order valence-electron chi connectivity index (χ2n) is 5.56. The smallest absolute Gasteiger partial charge is 0.311 e. The van der Waals surface area contributed by atoms with E-state index in [9.17, 15) is 9.59 Å². The molecule has 0 aromatic heterocycles. The van der Waals surface area contributed by atoms with E-state index >= 15 is 0 Å². The van der Waals surface area contributed by atoms with Gasteiger partial charge in [0.2, 0.25) is 5.91 Å². The minimum Gasteiger partial charge on any atom is -0.481 e. The molecule has 0 spiro atoms. The Labute approximate surface area is 119 Å². The van der Waals surface area contributed by atoms with E-state index in [0.29, 0.717) is 12.8 Å². The number of nitrogens with one attached hydrogen (secondary N) is 1. The maximum Gasteiger partial charge on any atom is 0.311 e. The summed E-state index contributed by atoms with van der Waals surface area (Å²) in [6, 6.07) is 9.66. The molecule has 1 atom stereocenters. The standard InChI is InChI=1S/C16H21NO3/c1-2-6-13(12-7-4-3-5-8-12)14(18)17-11-16(9-10-16)15(19)20/h3-5,7-8,13H,2,6,9-11H2,1H3,(H,17,18)(H,19,20). The molecule has 4 heteroatoms. The van der Waals surface area contributed by atoms with Crippen LogP contribution in [-0.2, 0) is 9.59 Å². The van der Waals surface area contributed by atoms with E-state index < -0.39 is 11.4 Å². The summed E-state index contributed by atoms with van der Waals surface area (Å²) in [5.41, 5.74) is 0.287. The maximum absolute atomic E-state index is 12.3. The van der Waals surface area contributed by atoms with Gasteiger partial charge in [0, 0.05) is 6.54 Å². The van der Waals surface area contributed by atoms with Crippen LogP contribution in [-0.4, -0.2) is 23.5 Å². The van der Waals surface area contributed by atoms with Gasteiger partial charge < -0.3 is 10.4 Å². The van der Waals surface area contributed by atoms with Crippen LogP contribution < -0.4 is 5.32 Å². The van der Waals surface area contributed by atoms with Crippen LogP contribution in [0.15, 0.2) is 30.3 Å². The lowest BCUT2D eigenvalue weighted by atomic mass is 9.93. The van der Waals surface area contributed by atoms with Crippen molar-refractivity contribution in [2.75, 3.05) is 6.54 Å². The van der Waals surface area contributed by atoms with Gasteiger partial charge in [-0.15, -0.1) is 0 Å². The number of benzene rings is 1. The molecule has 1 amide bonds. The number of hydrogen-bond donors (Lipinski definition) is 2. The number of carboxylic acids is 1. The van der Waals surface area contributed by atoms with E-state index in [1.54, 1.807) is 0 Å². The average Bonchev–Trinajstić information content (AvgIpc) is 3.24. The fourth-order valence-electron chi connectivity index (χ4n) is 2.42. The van der Waals surface area contributed by atoms with Gasteiger partial charge in [-0.3, -0.25) is 9.59 Å². The Hall–Kier alpha value is -1.84. The number of amides is 1. The first kappa shape index (κ1) is 14.6. The van der Waals surface area contributed by atoms with Crippen molar-refractivity contribution in [3.63, 3.8) is 0 Å². The van der Waals surface area contributed by atoms with Gasteiger partial charge in [0.15, 0.2) is 0 Å². The Morgan fingerprint density at radius 2 is 1.95 bits per heavy atom. The lowest BCUT2D eigenvalue weighted by Gasteiger charge is -2.18. The van der Waals surface area contributed by atoms with E-state index in [1.165, 1.54) is 0 Å². The van der Waals surface area contributed by atoms with Gasteiger partial charge in [0.1, 0.15) is 0 Å². The second kappa shape index (κ2) is 6.07. The van der Waals surface area contributed by atoms with Crippen LogP contribution in [0.25, 0.3) is 0 Å². The summed E-state index contributed by atoms with van der Waals surface area (Å²) in [5, 5.41) is 12.0. The lowest BCUT2D eigenvalue weighted by molar-refractivity contribution is -0.143. The third-order valence-electron chi connectivity index (χ3n) is 4.00. The molecule has 108 valence electrons. The Bertz CT molecular complexity index is 480.